The van der Waals surface area contributed by atoms with E-state index in [1.807, 2.05) is 13.8 Å². The molecule has 0 saturated heterocycles. The van der Waals surface area contributed by atoms with Crippen molar-refractivity contribution in [2.45, 2.75) is 32.4 Å². The van der Waals surface area contributed by atoms with Gasteiger partial charge in [0.05, 0.1) is 18.2 Å². The second kappa shape index (κ2) is 3.73. The fraction of sp³-hybridized carbons (Fsp3) is 0.636. The highest BCUT2D eigenvalue weighted by molar-refractivity contribution is 5.13. The Kier molecular flexibility index (Phi) is 2.61. The van der Waals surface area contributed by atoms with Crippen molar-refractivity contribution in [3.8, 4) is 5.88 Å². The lowest BCUT2D eigenvalue weighted by Crippen LogP contribution is -2.53. The summed E-state index contributed by atoms with van der Waals surface area (Å²) in [6, 6.07) is 0.842. The van der Waals surface area contributed by atoms with Gasteiger partial charge in [0.2, 0.25) is 5.88 Å². The maximum atomic E-state index is 11.7. The van der Waals surface area contributed by atoms with Crippen LogP contribution in [0.3, 0.4) is 0 Å². The Hall–Kier alpha value is -1.56. The topological polar surface area (TPSA) is 84.3 Å². The van der Waals surface area contributed by atoms with Gasteiger partial charge in [-0.05, 0) is 6.42 Å². The van der Waals surface area contributed by atoms with Gasteiger partial charge in [-0.3, -0.25) is 14.3 Å². The largest absolute Gasteiger partial charge is 0.494 e. The van der Waals surface area contributed by atoms with Crippen molar-refractivity contribution in [3.63, 3.8) is 0 Å². The van der Waals surface area contributed by atoms with Crippen LogP contribution in [-0.4, -0.2) is 27.9 Å². The van der Waals surface area contributed by atoms with Crippen LogP contribution >= 0.6 is 0 Å². The number of aromatic amines is 1. The third-order valence-corrected chi connectivity index (χ3v) is 3.68. The molecule has 0 radical (unpaired) electrons. The molecule has 6 heteroatoms. The van der Waals surface area contributed by atoms with Crippen molar-refractivity contribution in [3.05, 3.63) is 26.9 Å². The summed E-state index contributed by atoms with van der Waals surface area (Å²) in [6.45, 7) is 3.93. The average molecular weight is 240 g/mol. The van der Waals surface area contributed by atoms with E-state index in [1.54, 1.807) is 7.11 Å². The Bertz CT molecular complexity index is 543. The molecular weight excluding hydrogens is 224 g/mol. The lowest BCUT2D eigenvalue weighted by Gasteiger charge is -2.51. The highest BCUT2D eigenvalue weighted by Gasteiger charge is 2.50. The van der Waals surface area contributed by atoms with Crippen LogP contribution in [0.25, 0.3) is 0 Å². The summed E-state index contributed by atoms with van der Waals surface area (Å²) in [4.78, 5) is 24.9. The molecule has 1 fully saturated rings. The summed E-state index contributed by atoms with van der Waals surface area (Å²) in [7, 11) is 1.62. The number of ether oxygens (including phenoxy) is 1. The standard InChI is InChI=1S/C11H16N2O4/c1-11(2)6(4-7(11)17-3)13-9(15)5-8(14)12-10(13)16/h5-7,15H,4H2,1-3H3,(H,12,14,16). The van der Waals surface area contributed by atoms with Crippen molar-refractivity contribution in [1.82, 2.24) is 9.55 Å². The first kappa shape index (κ1) is 11.9. The van der Waals surface area contributed by atoms with E-state index in [2.05, 4.69) is 4.98 Å². The van der Waals surface area contributed by atoms with E-state index in [4.69, 9.17) is 4.74 Å². The minimum absolute atomic E-state index is 0.0470. The van der Waals surface area contributed by atoms with Crippen LogP contribution < -0.4 is 11.2 Å². The summed E-state index contributed by atoms with van der Waals surface area (Å²) in [6.07, 6.45) is 0.689. The van der Waals surface area contributed by atoms with Crippen molar-refractivity contribution >= 4 is 0 Å². The highest BCUT2D eigenvalue weighted by atomic mass is 16.5. The molecule has 94 valence electrons. The number of aromatic hydroxyl groups is 1. The predicted molar refractivity (Wildman–Crippen MR) is 61.2 cm³/mol. The van der Waals surface area contributed by atoms with E-state index < -0.39 is 11.2 Å². The molecule has 2 atom stereocenters. The third kappa shape index (κ3) is 1.68. The van der Waals surface area contributed by atoms with Gasteiger partial charge in [-0.1, -0.05) is 13.8 Å². The molecule has 0 bridgehead atoms. The van der Waals surface area contributed by atoms with Gasteiger partial charge in [-0.15, -0.1) is 0 Å². The molecule has 1 aromatic heterocycles. The van der Waals surface area contributed by atoms with Gasteiger partial charge in [-0.2, -0.15) is 0 Å². The Labute approximate surface area is 97.9 Å². The molecule has 0 amide bonds. The molecule has 6 nitrogen and oxygen atoms in total. The van der Waals surface area contributed by atoms with Crippen molar-refractivity contribution in [1.29, 1.82) is 0 Å². The van der Waals surface area contributed by atoms with Crippen LogP contribution in [0.5, 0.6) is 5.88 Å². The summed E-state index contributed by atoms with van der Waals surface area (Å²) in [5.41, 5.74) is -1.43. The van der Waals surface area contributed by atoms with Crippen LogP contribution in [0, 0.1) is 5.41 Å². The minimum atomic E-state index is -0.593. The summed E-state index contributed by atoms with van der Waals surface area (Å²) in [5.74, 6) is -0.300. The fourth-order valence-electron chi connectivity index (χ4n) is 2.50. The molecule has 2 unspecified atom stereocenters. The highest BCUT2D eigenvalue weighted by Crippen LogP contribution is 2.51. The molecule has 1 aliphatic rings. The first-order valence-corrected chi connectivity index (χ1v) is 5.45. The third-order valence-electron chi connectivity index (χ3n) is 3.68. The van der Waals surface area contributed by atoms with Gasteiger partial charge in [0.25, 0.3) is 5.56 Å². The van der Waals surface area contributed by atoms with Gasteiger partial charge in [-0.25, -0.2) is 4.79 Å². The molecular formula is C11H16N2O4. The van der Waals surface area contributed by atoms with Crippen LogP contribution in [0.4, 0.5) is 0 Å². The molecule has 1 heterocycles. The number of nitrogens with zero attached hydrogens (tertiary/aromatic N) is 1. The van der Waals surface area contributed by atoms with Crippen molar-refractivity contribution < 1.29 is 9.84 Å². The Balaban J connectivity index is 2.45. The minimum Gasteiger partial charge on any atom is -0.494 e. The zero-order chi connectivity index (χ0) is 12.8. The van der Waals surface area contributed by atoms with Crippen molar-refractivity contribution in [2.75, 3.05) is 7.11 Å². The number of H-pyrrole nitrogens is 1. The second-order valence-corrected chi connectivity index (χ2v) is 4.96. The lowest BCUT2D eigenvalue weighted by atomic mass is 9.64. The van der Waals surface area contributed by atoms with E-state index in [-0.39, 0.29) is 23.4 Å². The smallest absolute Gasteiger partial charge is 0.331 e. The lowest BCUT2D eigenvalue weighted by molar-refractivity contribution is -0.115. The average Bonchev–Trinajstić information content (AvgIpc) is 2.20. The van der Waals surface area contributed by atoms with Crippen LogP contribution in [0.15, 0.2) is 15.7 Å². The SMILES string of the molecule is COC1CC(n2c(O)cc(=O)[nH]c2=O)C1(C)C. The van der Waals surface area contributed by atoms with E-state index in [0.29, 0.717) is 6.42 Å². The van der Waals surface area contributed by atoms with E-state index in [9.17, 15) is 14.7 Å². The van der Waals surface area contributed by atoms with Gasteiger partial charge in [0, 0.05) is 12.5 Å². The summed E-state index contributed by atoms with van der Waals surface area (Å²) in [5, 5.41) is 9.70. The van der Waals surface area contributed by atoms with Gasteiger partial charge < -0.3 is 9.84 Å². The zero-order valence-electron chi connectivity index (χ0n) is 10.1. The summed E-state index contributed by atoms with van der Waals surface area (Å²) >= 11 is 0. The van der Waals surface area contributed by atoms with E-state index >= 15 is 0 Å². The molecule has 1 saturated carbocycles. The molecule has 1 aliphatic carbocycles. The van der Waals surface area contributed by atoms with Gasteiger partial charge >= 0.3 is 5.69 Å². The molecule has 0 spiro atoms. The molecule has 0 aromatic carbocycles. The van der Waals surface area contributed by atoms with Crippen LogP contribution in [-0.2, 0) is 4.74 Å². The predicted octanol–water partition coefficient (Wildman–Crippen LogP) is 0.228. The molecule has 0 aliphatic heterocycles. The first-order valence-electron chi connectivity index (χ1n) is 5.45. The normalized spacial score (nSPS) is 26.5. The fourth-order valence-corrected chi connectivity index (χ4v) is 2.50. The number of methoxy groups -OCH3 is 1. The Morgan fingerprint density at radius 3 is 2.65 bits per heavy atom. The first-order chi connectivity index (χ1) is 7.87. The zero-order valence-corrected chi connectivity index (χ0v) is 10.1. The molecule has 2 rings (SSSR count). The van der Waals surface area contributed by atoms with Crippen LogP contribution in [0.2, 0.25) is 0 Å². The molecule has 1 aromatic rings. The maximum absolute atomic E-state index is 11.7. The Morgan fingerprint density at radius 1 is 1.53 bits per heavy atom. The summed E-state index contributed by atoms with van der Waals surface area (Å²) < 4.78 is 6.51. The number of nitrogens with one attached hydrogen (secondary N) is 1. The quantitative estimate of drug-likeness (QED) is 0.775. The van der Waals surface area contributed by atoms with Gasteiger partial charge in [0.1, 0.15) is 0 Å². The van der Waals surface area contributed by atoms with E-state index in [0.717, 1.165) is 6.07 Å². The second-order valence-electron chi connectivity index (χ2n) is 4.96. The maximum Gasteiger partial charge on any atom is 0.331 e. The molecule has 17 heavy (non-hydrogen) atoms. The van der Waals surface area contributed by atoms with Crippen molar-refractivity contribution in [2.24, 2.45) is 5.41 Å². The van der Waals surface area contributed by atoms with Gasteiger partial charge in [0.15, 0.2) is 0 Å². The Morgan fingerprint density at radius 2 is 2.18 bits per heavy atom. The monoisotopic (exact) mass is 240 g/mol. The van der Waals surface area contributed by atoms with E-state index in [1.165, 1.54) is 4.57 Å². The van der Waals surface area contributed by atoms with Crippen LogP contribution in [0.1, 0.15) is 26.3 Å². The number of hydrogen-bond donors (Lipinski definition) is 2. The number of rotatable bonds is 2. The number of hydrogen-bond acceptors (Lipinski definition) is 4. The molecule has 2 N–H and O–H groups in total. The number of aromatic nitrogens is 2.